The Morgan fingerprint density at radius 1 is 0.724 bits per heavy atom. The van der Waals surface area contributed by atoms with E-state index in [1.165, 1.54) is 6.92 Å². The molecule has 0 rings (SSSR count). The molecule has 0 saturated carbocycles. The molecule has 0 spiro atoms. The van der Waals surface area contributed by atoms with Crippen molar-refractivity contribution in [3.8, 4) is 0 Å². The number of carboxylic acid groups (broad SMARTS) is 4. The van der Waals surface area contributed by atoms with Gasteiger partial charge in [0.25, 0.3) is 0 Å². The second-order valence-corrected chi connectivity index (χ2v) is 6.09. The van der Waals surface area contributed by atoms with Crippen LogP contribution in [0.1, 0.15) is 13.3 Å². The van der Waals surface area contributed by atoms with Gasteiger partial charge in [0.05, 0.1) is 13.2 Å². The van der Waals surface area contributed by atoms with Crippen molar-refractivity contribution in [2.24, 2.45) is 22.9 Å². The topological polar surface area (TPSA) is 294 Å². The molecule has 174 valence electrons. The van der Waals surface area contributed by atoms with Crippen LogP contribution in [0, 0.1) is 0 Å². The van der Waals surface area contributed by atoms with E-state index in [1.807, 2.05) is 6.26 Å². The molecule has 0 amide bonds. The highest BCUT2D eigenvalue weighted by Gasteiger charge is 2.09. The number of aliphatic hydroxyl groups is 2. The fraction of sp³-hybridized carbons (Fsp3) is 0.714. The van der Waals surface area contributed by atoms with Crippen molar-refractivity contribution in [1.82, 2.24) is 0 Å². The highest BCUT2D eigenvalue weighted by molar-refractivity contribution is 7.98. The van der Waals surface area contributed by atoms with Crippen molar-refractivity contribution in [3.05, 3.63) is 0 Å². The minimum absolute atomic E-state index is 0.505. The molecule has 29 heavy (non-hydrogen) atoms. The molecule has 0 fully saturated rings. The molecule has 0 aliphatic rings. The fourth-order valence-electron chi connectivity index (χ4n) is 0.524. The molecule has 0 aromatic heterocycles. The summed E-state index contributed by atoms with van der Waals surface area (Å²) in [5.41, 5.74) is 19.6. The summed E-state index contributed by atoms with van der Waals surface area (Å²) >= 11 is 1.60. The van der Waals surface area contributed by atoms with E-state index in [-0.39, 0.29) is 0 Å². The van der Waals surface area contributed by atoms with Gasteiger partial charge in [0.15, 0.2) is 0 Å². The van der Waals surface area contributed by atoms with E-state index in [0.29, 0.717) is 6.42 Å². The lowest BCUT2D eigenvalue weighted by molar-refractivity contribution is -0.140. The van der Waals surface area contributed by atoms with Gasteiger partial charge in [0.1, 0.15) is 24.2 Å². The molecule has 14 nitrogen and oxygen atoms in total. The lowest BCUT2D eigenvalue weighted by atomic mass is 10.2. The molecule has 14 N–H and O–H groups in total. The van der Waals surface area contributed by atoms with Gasteiger partial charge in [-0.05, 0) is 25.4 Å². The summed E-state index contributed by atoms with van der Waals surface area (Å²) in [6, 6.07) is -3.66. The zero-order valence-electron chi connectivity index (χ0n) is 16.2. The van der Waals surface area contributed by atoms with Gasteiger partial charge in [-0.1, -0.05) is 0 Å². The van der Waals surface area contributed by atoms with Gasteiger partial charge in [-0.25, -0.2) is 0 Å². The Balaban J connectivity index is -0.000000145. The van der Waals surface area contributed by atoms with Gasteiger partial charge in [0.2, 0.25) is 0 Å². The summed E-state index contributed by atoms with van der Waals surface area (Å²) in [7, 11) is 0. The van der Waals surface area contributed by atoms with Gasteiger partial charge < -0.3 is 53.6 Å². The molecule has 4 atom stereocenters. The van der Waals surface area contributed by atoms with Gasteiger partial charge in [0, 0.05) is 0 Å². The van der Waals surface area contributed by atoms with Crippen LogP contribution in [0.25, 0.3) is 0 Å². The predicted molar refractivity (Wildman–Crippen MR) is 105 cm³/mol. The predicted octanol–water partition coefficient (Wildman–Crippen LogP) is -3.65. The highest BCUT2D eigenvalue weighted by atomic mass is 32.2. The van der Waals surface area contributed by atoms with E-state index in [1.54, 1.807) is 11.8 Å². The molecule has 0 radical (unpaired) electrons. The maximum absolute atomic E-state index is 10.1. The van der Waals surface area contributed by atoms with E-state index in [9.17, 15) is 19.2 Å². The maximum Gasteiger partial charge on any atom is 0.322 e. The van der Waals surface area contributed by atoms with Crippen LogP contribution in [0.4, 0.5) is 0 Å². The minimum atomic E-state index is -1.18. The molecule has 0 aliphatic carbocycles. The lowest BCUT2D eigenvalue weighted by Crippen LogP contribution is -2.33. The van der Waals surface area contributed by atoms with E-state index in [4.69, 9.17) is 53.6 Å². The van der Waals surface area contributed by atoms with Gasteiger partial charge in [-0.3, -0.25) is 19.2 Å². The number of hydrogen-bond donors (Lipinski definition) is 10. The molecular weight excluding hydrogens is 416 g/mol. The standard InChI is InChI=1S/C5H11NO2S.2C3H7NO3.C3H7NO2/c1-9-3-2-4(6)5(7)8;2*4-2(1-5)3(6)7;1-2(4)3(5)6/h4H,2-3,6H2,1H3,(H,7,8);2*2,5H,1,4H2,(H,6,7);2H,4H2,1H3,(H,5,6)/t4-;3*2-/m0000/s1. The Hall–Kier alpha value is -2.01. The van der Waals surface area contributed by atoms with Crippen molar-refractivity contribution in [2.45, 2.75) is 37.5 Å². The van der Waals surface area contributed by atoms with Crippen LogP contribution in [0.2, 0.25) is 0 Å². The van der Waals surface area contributed by atoms with Crippen LogP contribution in [0.5, 0.6) is 0 Å². The molecular formula is C14H32N4O10S. The number of aliphatic hydroxyl groups excluding tert-OH is 2. The second-order valence-electron chi connectivity index (χ2n) is 5.11. The Kier molecular flexibility index (Phi) is 26.5. The van der Waals surface area contributed by atoms with Crippen LogP contribution in [0.15, 0.2) is 0 Å². The highest BCUT2D eigenvalue weighted by Crippen LogP contribution is 1.97. The first-order chi connectivity index (χ1) is 13.2. The first kappa shape index (κ1) is 34.5. The van der Waals surface area contributed by atoms with Crippen LogP contribution in [-0.2, 0) is 19.2 Å². The number of hydrogen-bond acceptors (Lipinski definition) is 11. The normalized spacial score (nSPS) is 13.4. The summed E-state index contributed by atoms with van der Waals surface area (Å²) in [4.78, 5) is 38.9. The average Bonchev–Trinajstić information content (AvgIpc) is 2.65. The molecule has 0 aromatic rings. The number of nitrogens with two attached hydrogens (primary N) is 4. The molecule has 0 aromatic carbocycles. The number of thioether (sulfide) groups is 1. The zero-order valence-corrected chi connectivity index (χ0v) is 17.0. The third-order valence-electron chi connectivity index (χ3n) is 2.37. The molecule has 0 saturated heterocycles. The quantitative estimate of drug-likeness (QED) is 0.162. The first-order valence-electron chi connectivity index (χ1n) is 7.83. The van der Waals surface area contributed by atoms with Gasteiger partial charge in [-0.15, -0.1) is 0 Å². The van der Waals surface area contributed by atoms with Crippen molar-refractivity contribution in [2.75, 3.05) is 25.2 Å². The first-order valence-corrected chi connectivity index (χ1v) is 9.22. The number of carboxylic acids is 4. The maximum atomic E-state index is 10.1. The van der Waals surface area contributed by atoms with E-state index in [2.05, 4.69) is 0 Å². The molecule has 0 bridgehead atoms. The largest absolute Gasteiger partial charge is 0.480 e. The smallest absolute Gasteiger partial charge is 0.322 e. The van der Waals surface area contributed by atoms with Crippen molar-refractivity contribution in [1.29, 1.82) is 0 Å². The zero-order chi connectivity index (χ0) is 24.2. The summed E-state index contributed by atoms with van der Waals surface area (Å²) in [6.45, 7) is 0.410. The van der Waals surface area contributed by atoms with Crippen LogP contribution in [0.3, 0.4) is 0 Å². The average molecular weight is 448 g/mol. The third-order valence-corrected chi connectivity index (χ3v) is 3.01. The number of rotatable bonds is 9. The Morgan fingerprint density at radius 2 is 1.00 bits per heavy atom. The summed E-state index contributed by atoms with van der Waals surface area (Å²) in [5, 5.41) is 47.9. The Labute approximate surface area is 171 Å². The molecule has 0 aliphatic heterocycles. The van der Waals surface area contributed by atoms with Gasteiger partial charge in [-0.2, -0.15) is 11.8 Å². The Bertz CT molecular complexity index is 448. The summed E-state index contributed by atoms with van der Waals surface area (Å²) < 4.78 is 0. The number of carbonyl (C=O) groups is 4. The van der Waals surface area contributed by atoms with Crippen LogP contribution in [-0.4, -0.2) is 104 Å². The van der Waals surface area contributed by atoms with Gasteiger partial charge >= 0.3 is 23.9 Å². The monoisotopic (exact) mass is 448 g/mol. The second kappa shape index (κ2) is 22.3. The lowest BCUT2D eigenvalue weighted by Gasteiger charge is -2.02. The summed E-state index contributed by atoms with van der Waals surface area (Å²) in [6.07, 6.45) is 2.48. The Morgan fingerprint density at radius 3 is 1.10 bits per heavy atom. The SMILES string of the molecule is CSCC[C@H](N)C(=O)O.C[C@H](N)C(=O)O.N[C@@H](CO)C(=O)O.N[C@@H](CO)C(=O)O. The van der Waals surface area contributed by atoms with Crippen molar-refractivity contribution in [3.63, 3.8) is 0 Å². The summed E-state index contributed by atoms with van der Waals surface area (Å²) in [5.74, 6) is -3.42. The van der Waals surface area contributed by atoms with Crippen molar-refractivity contribution >= 4 is 35.6 Å². The van der Waals surface area contributed by atoms with E-state index >= 15 is 0 Å². The minimum Gasteiger partial charge on any atom is -0.480 e. The third kappa shape index (κ3) is 30.9. The fourth-order valence-corrected chi connectivity index (χ4v) is 1.01. The van der Waals surface area contributed by atoms with E-state index in [0.717, 1.165) is 5.75 Å². The molecule has 0 unspecified atom stereocenters. The van der Waals surface area contributed by atoms with Crippen molar-refractivity contribution < 1.29 is 49.8 Å². The molecule has 0 heterocycles. The number of aliphatic carboxylic acids is 4. The van der Waals surface area contributed by atoms with E-state index < -0.39 is 61.3 Å². The van der Waals surface area contributed by atoms with Crippen LogP contribution >= 0.6 is 11.8 Å². The van der Waals surface area contributed by atoms with Crippen LogP contribution < -0.4 is 22.9 Å². The molecule has 15 heteroatoms.